The standard InChI is InChI=1S/C18H18N2O3S/c1-3-10-23-12-8-9-14-16(11-12)24-18(19-14)20-17(21)13-6-4-5-7-15(13)22-2/h4-9,11H,3,10H2,1-2H3,(H,19,20,21). The fraction of sp³-hybridized carbons (Fsp3) is 0.222. The van der Waals surface area contributed by atoms with Crippen LogP contribution in [0, 0.1) is 0 Å². The van der Waals surface area contributed by atoms with Crippen molar-refractivity contribution in [2.75, 3.05) is 19.0 Å². The molecule has 0 unspecified atom stereocenters. The van der Waals surface area contributed by atoms with Crippen molar-refractivity contribution in [1.82, 2.24) is 4.98 Å². The van der Waals surface area contributed by atoms with E-state index in [2.05, 4.69) is 17.2 Å². The van der Waals surface area contributed by atoms with Gasteiger partial charge in [0.05, 0.1) is 29.5 Å². The molecule has 0 saturated heterocycles. The smallest absolute Gasteiger partial charge is 0.261 e. The Morgan fingerprint density at radius 3 is 2.88 bits per heavy atom. The van der Waals surface area contributed by atoms with Gasteiger partial charge in [-0.1, -0.05) is 30.4 Å². The predicted octanol–water partition coefficient (Wildman–Crippen LogP) is 4.35. The molecule has 0 bridgehead atoms. The Balaban J connectivity index is 1.81. The van der Waals surface area contributed by atoms with Crippen molar-refractivity contribution in [3.63, 3.8) is 0 Å². The number of nitrogens with one attached hydrogen (secondary N) is 1. The summed E-state index contributed by atoms with van der Waals surface area (Å²) in [4.78, 5) is 16.9. The topological polar surface area (TPSA) is 60.5 Å². The predicted molar refractivity (Wildman–Crippen MR) is 96.4 cm³/mol. The van der Waals surface area contributed by atoms with Gasteiger partial charge < -0.3 is 9.47 Å². The number of anilines is 1. The molecule has 0 aliphatic rings. The SMILES string of the molecule is CCCOc1ccc2nc(NC(=O)c3ccccc3OC)sc2c1. The Morgan fingerprint density at radius 2 is 2.08 bits per heavy atom. The van der Waals surface area contributed by atoms with Crippen molar-refractivity contribution in [3.05, 3.63) is 48.0 Å². The Hall–Kier alpha value is -2.60. The molecule has 1 amide bonds. The molecule has 1 N–H and O–H groups in total. The van der Waals surface area contributed by atoms with Crippen LogP contribution < -0.4 is 14.8 Å². The van der Waals surface area contributed by atoms with E-state index in [4.69, 9.17) is 9.47 Å². The number of para-hydroxylation sites is 1. The van der Waals surface area contributed by atoms with Gasteiger partial charge in [0, 0.05) is 0 Å². The minimum atomic E-state index is -0.242. The average molecular weight is 342 g/mol. The molecule has 0 aliphatic carbocycles. The molecule has 24 heavy (non-hydrogen) atoms. The summed E-state index contributed by atoms with van der Waals surface area (Å²) in [6.07, 6.45) is 0.959. The van der Waals surface area contributed by atoms with E-state index in [1.165, 1.54) is 11.3 Å². The van der Waals surface area contributed by atoms with Crippen LogP contribution in [0.1, 0.15) is 23.7 Å². The van der Waals surface area contributed by atoms with Gasteiger partial charge >= 0.3 is 0 Å². The molecule has 1 heterocycles. The monoisotopic (exact) mass is 342 g/mol. The normalized spacial score (nSPS) is 10.6. The van der Waals surface area contributed by atoms with Crippen LogP contribution in [0.3, 0.4) is 0 Å². The first-order valence-corrected chi connectivity index (χ1v) is 8.50. The van der Waals surface area contributed by atoms with Gasteiger partial charge in [-0.2, -0.15) is 0 Å². The van der Waals surface area contributed by atoms with Crippen molar-refractivity contribution in [2.45, 2.75) is 13.3 Å². The van der Waals surface area contributed by atoms with E-state index < -0.39 is 0 Å². The van der Waals surface area contributed by atoms with Crippen molar-refractivity contribution in [1.29, 1.82) is 0 Å². The van der Waals surface area contributed by atoms with E-state index in [9.17, 15) is 4.79 Å². The molecule has 6 heteroatoms. The molecule has 0 fully saturated rings. The molecule has 0 saturated carbocycles. The number of aromatic nitrogens is 1. The number of methoxy groups -OCH3 is 1. The fourth-order valence-corrected chi connectivity index (χ4v) is 3.15. The number of nitrogens with zero attached hydrogens (tertiary/aromatic N) is 1. The Bertz CT molecular complexity index is 860. The summed E-state index contributed by atoms with van der Waals surface area (Å²) < 4.78 is 11.8. The third-order valence-electron chi connectivity index (χ3n) is 3.40. The lowest BCUT2D eigenvalue weighted by Crippen LogP contribution is -2.12. The summed E-state index contributed by atoms with van der Waals surface area (Å²) in [7, 11) is 1.54. The molecule has 0 radical (unpaired) electrons. The highest BCUT2D eigenvalue weighted by atomic mass is 32.1. The summed E-state index contributed by atoms with van der Waals surface area (Å²) in [6, 6.07) is 12.8. The van der Waals surface area contributed by atoms with E-state index in [0.29, 0.717) is 23.1 Å². The lowest BCUT2D eigenvalue weighted by atomic mass is 10.2. The minimum Gasteiger partial charge on any atom is -0.496 e. The van der Waals surface area contributed by atoms with Crippen molar-refractivity contribution >= 4 is 32.6 Å². The molecule has 1 aromatic heterocycles. The third kappa shape index (κ3) is 3.49. The number of hydrogen-bond acceptors (Lipinski definition) is 5. The zero-order valence-corrected chi connectivity index (χ0v) is 14.4. The summed E-state index contributed by atoms with van der Waals surface area (Å²) in [6.45, 7) is 2.75. The van der Waals surface area contributed by atoms with Crippen LogP contribution in [0.2, 0.25) is 0 Å². The molecular formula is C18H18N2O3S. The van der Waals surface area contributed by atoms with Crippen LogP contribution in [-0.2, 0) is 0 Å². The number of thiazole rings is 1. The number of fused-ring (bicyclic) bond motifs is 1. The number of amides is 1. The van der Waals surface area contributed by atoms with E-state index in [-0.39, 0.29) is 5.91 Å². The highest BCUT2D eigenvalue weighted by molar-refractivity contribution is 7.22. The lowest BCUT2D eigenvalue weighted by Gasteiger charge is -2.06. The highest BCUT2D eigenvalue weighted by Crippen LogP contribution is 2.30. The van der Waals surface area contributed by atoms with Gasteiger partial charge in [0.15, 0.2) is 5.13 Å². The maximum Gasteiger partial charge on any atom is 0.261 e. The van der Waals surface area contributed by atoms with Gasteiger partial charge in [-0.25, -0.2) is 4.98 Å². The number of carbonyl (C=O) groups excluding carboxylic acids is 1. The zero-order chi connectivity index (χ0) is 16.9. The quantitative estimate of drug-likeness (QED) is 0.723. The fourth-order valence-electron chi connectivity index (χ4n) is 2.26. The summed E-state index contributed by atoms with van der Waals surface area (Å²) >= 11 is 1.42. The number of rotatable bonds is 6. The molecule has 124 valence electrons. The summed E-state index contributed by atoms with van der Waals surface area (Å²) in [5.41, 5.74) is 1.31. The maximum atomic E-state index is 12.4. The first-order valence-electron chi connectivity index (χ1n) is 7.69. The second-order valence-electron chi connectivity index (χ2n) is 5.15. The summed E-state index contributed by atoms with van der Waals surface area (Å²) in [5, 5.41) is 3.38. The molecule has 5 nitrogen and oxygen atoms in total. The van der Waals surface area contributed by atoms with Gasteiger partial charge in [-0.05, 0) is 36.8 Å². The molecule has 3 rings (SSSR count). The molecule has 3 aromatic rings. The largest absolute Gasteiger partial charge is 0.496 e. The van der Waals surface area contributed by atoms with E-state index in [0.717, 1.165) is 22.4 Å². The molecular weight excluding hydrogens is 324 g/mol. The molecule has 0 atom stereocenters. The molecule has 0 spiro atoms. The van der Waals surface area contributed by atoms with Crippen LogP contribution in [-0.4, -0.2) is 24.6 Å². The Kier molecular flexibility index (Phi) is 4.96. The number of hydrogen-bond donors (Lipinski definition) is 1. The Labute approximate surface area is 144 Å². The lowest BCUT2D eigenvalue weighted by molar-refractivity contribution is 0.102. The second-order valence-corrected chi connectivity index (χ2v) is 6.18. The van der Waals surface area contributed by atoms with Gasteiger partial charge in [0.25, 0.3) is 5.91 Å². The zero-order valence-electron chi connectivity index (χ0n) is 13.5. The molecule has 2 aromatic carbocycles. The van der Waals surface area contributed by atoms with Gasteiger partial charge in [0.1, 0.15) is 11.5 Å². The van der Waals surface area contributed by atoms with E-state index in [1.54, 1.807) is 25.3 Å². The van der Waals surface area contributed by atoms with Gasteiger partial charge in [-0.3, -0.25) is 10.1 Å². The molecule has 0 aliphatic heterocycles. The average Bonchev–Trinajstić information content (AvgIpc) is 3.01. The third-order valence-corrected chi connectivity index (χ3v) is 4.34. The van der Waals surface area contributed by atoms with Crippen LogP contribution in [0.4, 0.5) is 5.13 Å². The van der Waals surface area contributed by atoms with Gasteiger partial charge in [0.2, 0.25) is 0 Å². The van der Waals surface area contributed by atoms with Crippen LogP contribution >= 0.6 is 11.3 Å². The first kappa shape index (κ1) is 16.3. The van der Waals surface area contributed by atoms with Crippen LogP contribution in [0.5, 0.6) is 11.5 Å². The van der Waals surface area contributed by atoms with Crippen molar-refractivity contribution < 1.29 is 14.3 Å². The number of benzene rings is 2. The van der Waals surface area contributed by atoms with Gasteiger partial charge in [-0.15, -0.1) is 0 Å². The van der Waals surface area contributed by atoms with E-state index >= 15 is 0 Å². The van der Waals surface area contributed by atoms with Crippen molar-refractivity contribution in [3.8, 4) is 11.5 Å². The second kappa shape index (κ2) is 7.31. The van der Waals surface area contributed by atoms with E-state index in [1.807, 2.05) is 24.3 Å². The summed E-state index contributed by atoms with van der Waals surface area (Å²) in [5.74, 6) is 1.11. The van der Waals surface area contributed by atoms with Crippen LogP contribution in [0.25, 0.3) is 10.2 Å². The highest BCUT2D eigenvalue weighted by Gasteiger charge is 2.14. The minimum absolute atomic E-state index is 0.242. The van der Waals surface area contributed by atoms with Crippen molar-refractivity contribution in [2.24, 2.45) is 0 Å². The first-order chi connectivity index (χ1) is 11.7. The number of carbonyl (C=O) groups is 1. The Morgan fingerprint density at radius 1 is 1.25 bits per heavy atom. The number of ether oxygens (including phenoxy) is 2. The van der Waals surface area contributed by atoms with Crippen LogP contribution in [0.15, 0.2) is 42.5 Å². The maximum absolute atomic E-state index is 12.4.